The fourth-order valence-electron chi connectivity index (χ4n) is 3.69. The van der Waals surface area contributed by atoms with Gasteiger partial charge >= 0.3 is 0 Å². The second-order valence-electron chi connectivity index (χ2n) is 8.09. The second kappa shape index (κ2) is 11.6. The third-order valence-electron chi connectivity index (χ3n) is 5.56. The molecule has 0 radical (unpaired) electrons. The molecule has 1 fully saturated rings. The molecule has 182 valence electrons. The van der Waals surface area contributed by atoms with Crippen LogP contribution in [0, 0.1) is 5.41 Å². The molecule has 35 heavy (non-hydrogen) atoms. The first-order valence-electron chi connectivity index (χ1n) is 11.1. The molecule has 0 aliphatic carbocycles. The molecule has 1 aliphatic heterocycles. The van der Waals surface area contributed by atoms with E-state index in [-0.39, 0.29) is 5.71 Å². The number of halogens is 2. The van der Waals surface area contributed by atoms with Crippen LogP contribution in [-0.2, 0) is 11.3 Å². The maximum Gasteiger partial charge on any atom is 0.124 e. The van der Waals surface area contributed by atoms with E-state index < -0.39 is 6.10 Å². The molecule has 8 nitrogen and oxygen atoms in total. The minimum atomic E-state index is -0.426. The van der Waals surface area contributed by atoms with E-state index in [2.05, 4.69) is 19.9 Å². The summed E-state index contributed by atoms with van der Waals surface area (Å²) < 4.78 is 11.4. The topological polar surface area (TPSA) is 110 Å². The molecular weight excluding hydrogens is 487 g/mol. The van der Waals surface area contributed by atoms with E-state index in [1.807, 2.05) is 6.92 Å². The van der Waals surface area contributed by atoms with E-state index in [9.17, 15) is 0 Å². The third-order valence-corrected chi connectivity index (χ3v) is 6.16. The Morgan fingerprint density at radius 2 is 1.91 bits per heavy atom. The van der Waals surface area contributed by atoms with Gasteiger partial charge < -0.3 is 20.6 Å². The van der Waals surface area contributed by atoms with Gasteiger partial charge in [0, 0.05) is 48.8 Å². The van der Waals surface area contributed by atoms with Gasteiger partial charge in [-0.05, 0) is 37.3 Å². The lowest BCUT2D eigenvalue weighted by Crippen LogP contribution is -2.35. The minimum Gasteiger partial charge on any atom is -0.486 e. The summed E-state index contributed by atoms with van der Waals surface area (Å²) in [6.45, 7) is 5.87. The Balaban J connectivity index is 1.42. The lowest BCUT2D eigenvalue weighted by molar-refractivity contribution is 0.0336. The van der Waals surface area contributed by atoms with Crippen LogP contribution in [0.4, 0.5) is 5.69 Å². The van der Waals surface area contributed by atoms with E-state index in [0.29, 0.717) is 38.3 Å². The van der Waals surface area contributed by atoms with Gasteiger partial charge in [0.05, 0.1) is 52.8 Å². The smallest absolute Gasteiger partial charge is 0.124 e. The van der Waals surface area contributed by atoms with Crippen LogP contribution in [0.5, 0.6) is 5.75 Å². The number of nitrogen functional groups attached to an aromatic ring is 1. The normalized spacial score (nSPS) is 15.3. The van der Waals surface area contributed by atoms with Gasteiger partial charge in [0.2, 0.25) is 0 Å². The monoisotopic (exact) mass is 512 g/mol. The predicted molar refractivity (Wildman–Crippen MR) is 138 cm³/mol. The zero-order valence-electron chi connectivity index (χ0n) is 19.2. The molecule has 1 saturated heterocycles. The molecule has 1 atom stereocenters. The van der Waals surface area contributed by atoms with Crippen molar-refractivity contribution >= 4 is 40.7 Å². The first kappa shape index (κ1) is 25.1. The van der Waals surface area contributed by atoms with Crippen LogP contribution in [0.3, 0.4) is 0 Å². The molecule has 0 saturated carbocycles. The number of morpholine rings is 1. The molecule has 0 bridgehead atoms. The summed E-state index contributed by atoms with van der Waals surface area (Å²) in [5.41, 5.74) is 9.56. The largest absolute Gasteiger partial charge is 0.486 e. The van der Waals surface area contributed by atoms with E-state index in [0.717, 1.165) is 38.5 Å². The van der Waals surface area contributed by atoms with Crippen molar-refractivity contribution in [2.75, 3.05) is 32.0 Å². The first-order chi connectivity index (χ1) is 16.9. The first-order valence-corrected chi connectivity index (χ1v) is 11.9. The average Bonchev–Trinajstić information content (AvgIpc) is 2.85. The summed E-state index contributed by atoms with van der Waals surface area (Å²) in [5, 5.41) is 9.35. The van der Waals surface area contributed by atoms with E-state index >= 15 is 0 Å². The maximum absolute atomic E-state index is 8.50. The lowest BCUT2D eigenvalue weighted by Gasteiger charge is -2.25. The number of pyridine rings is 1. The summed E-state index contributed by atoms with van der Waals surface area (Å²) in [6, 6.07) is 5.17. The molecule has 1 aliphatic rings. The number of anilines is 1. The Labute approximate surface area is 214 Å². The van der Waals surface area contributed by atoms with Crippen LogP contribution in [0.15, 0.2) is 49.1 Å². The fourth-order valence-corrected chi connectivity index (χ4v) is 4.37. The van der Waals surface area contributed by atoms with Crippen LogP contribution in [-0.4, -0.2) is 51.9 Å². The molecular formula is C25H26Cl2N6O2. The molecule has 0 amide bonds. The standard InChI is InChI=1S/C25H26Cl2N6O2/c1-16(25-21(26)13-30-14-22(25)27)35-19-3-5-24(29)20(10-19)23(28)4-2-17-11-32-18(12-31-17)15-33-6-8-34-9-7-33/h2-5,10-14,16,28H,6-9,15,29H2,1H3/b4-2+,28-23?. The maximum atomic E-state index is 8.50. The van der Waals surface area contributed by atoms with E-state index in [4.69, 9.17) is 43.8 Å². The van der Waals surface area contributed by atoms with Gasteiger partial charge in [0.25, 0.3) is 0 Å². The van der Waals surface area contributed by atoms with E-state index in [1.165, 1.54) is 12.4 Å². The number of aromatic nitrogens is 3. The molecule has 3 aromatic rings. The van der Waals surface area contributed by atoms with Crippen molar-refractivity contribution in [2.45, 2.75) is 19.6 Å². The number of nitrogens with one attached hydrogen (secondary N) is 1. The van der Waals surface area contributed by atoms with Gasteiger partial charge in [-0.25, -0.2) is 0 Å². The van der Waals surface area contributed by atoms with Gasteiger partial charge in [0.15, 0.2) is 0 Å². The highest BCUT2D eigenvalue weighted by Crippen LogP contribution is 2.33. The molecule has 3 N–H and O–H groups in total. The number of ether oxygens (including phenoxy) is 2. The van der Waals surface area contributed by atoms with Crippen molar-refractivity contribution in [1.82, 2.24) is 19.9 Å². The Hall–Kier alpha value is -3.04. The molecule has 3 heterocycles. The van der Waals surface area contributed by atoms with Gasteiger partial charge in [-0.2, -0.15) is 0 Å². The zero-order valence-corrected chi connectivity index (χ0v) is 20.8. The Morgan fingerprint density at radius 3 is 2.60 bits per heavy atom. The highest BCUT2D eigenvalue weighted by molar-refractivity contribution is 6.35. The van der Waals surface area contributed by atoms with Gasteiger partial charge in [-0.3, -0.25) is 19.9 Å². The van der Waals surface area contributed by atoms with Crippen LogP contribution in [0.2, 0.25) is 10.0 Å². The SMILES string of the molecule is CC(Oc1ccc(N)c(C(=N)/C=C/c2cnc(CN3CCOCC3)cn2)c1)c1c(Cl)cncc1Cl. The average molecular weight is 513 g/mol. The predicted octanol–water partition coefficient (Wildman–Crippen LogP) is 4.81. The van der Waals surface area contributed by atoms with Crippen molar-refractivity contribution in [1.29, 1.82) is 5.41 Å². The lowest BCUT2D eigenvalue weighted by atomic mass is 10.1. The number of hydrogen-bond acceptors (Lipinski definition) is 8. The second-order valence-corrected chi connectivity index (χ2v) is 8.91. The van der Waals surface area contributed by atoms with Crippen molar-refractivity contribution in [3.8, 4) is 5.75 Å². The van der Waals surface area contributed by atoms with Crippen molar-refractivity contribution in [2.24, 2.45) is 0 Å². The molecule has 4 rings (SSSR count). The zero-order chi connectivity index (χ0) is 24.8. The van der Waals surface area contributed by atoms with Crippen LogP contribution in [0.1, 0.15) is 35.5 Å². The summed E-state index contributed by atoms with van der Waals surface area (Å²) >= 11 is 12.5. The van der Waals surface area contributed by atoms with Crippen LogP contribution >= 0.6 is 23.2 Å². The quantitative estimate of drug-likeness (QED) is 0.329. The molecule has 10 heteroatoms. The number of nitrogens with zero attached hydrogens (tertiary/aromatic N) is 4. The van der Waals surface area contributed by atoms with Gasteiger partial charge in [0.1, 0.15) is 11.9 Å². The number of allylic oxidation sites excluding steroid dienone is 1. The molecule has 0 spiro atoms. The number of hydrogen-bond donors (Lipinski definition) is 2. The summed E-state index contributed by atoms with van der Waals surface area (Å²) in [6.07, 6.45) is 9.46. The van der Waals surface area contributed by atoms with Crippen molar-refractivity contribution in [3.05, 3.63) is 81.6 Å². The Bertz CT molecular complexity index is 1190. The summed E-state index contributed by atoms with van der Waals surface area (Å²) in [7, 11) is 0. The molecule has 1 unspecified atom stereocenters. The fraction of sp³-hybridized carbons (Fsp3) is 0.280. The highest BCUT2D eigenvalue weighted by Gasteiger charge is 2.17. The number of nitrogens with two attached hydrogens (primary N) is 1. The Morgan fingerprint density at radius 1 is 1.17 bits per heavy atom. The van der Waals surface area contributed by atoms with Gasteiger partial charge in [-0.15, -0.1) is 0 Å². The minimum absolute atomic E-state index is 0.222. The van der Waals surface area contributed by atoms with E-state index in [1.54, 1.807) is 42.7 Å². The summed E-state index contributed by atoms with van der Waals surface area (Å²) in [4.78, 5) is 15.2. The Kier molecular flexibility index (Phi) is 8.30. The van der Waals surface area contributed by atoms with Crippen LogP contribution < -0.4 is 10.5 Å². The molecule has 1 aromatic carbocycles. The highest BCUT2D eigenvalue weighted by atomic mass is 35.5. The number of benzene rings is 1. The number of rotatable bonds is 8. The molecule has 2 aromatic heterocycles. The van der Waals surface area contributed by atoms with Gasteiger partial charge in [-0.1, -0.05) is 23.2 Å². The van der Waals surface area contributed by atoms with Crippen molar-refractivity contribution in [3.63, 3.8) is 0 Å². The van der Waals surface area contributed by atoms with Crippen molar-refractivity contribution < 1.29 is 9.47 Å². The third kappa shape index (κ3) is 6.55. The van der Waals surface area contributed by atoms with Crippen LogP contribution in [0.25, 0.3) is 6.08 Å². The summed E-state index contributed by atoms with van der Waals surface area (Å²) in [5.74, 6) is 0.538.